The van der Waals surface area contributed by atoms with Gasteiger partial charge in [0, 0.05) is 52.7 Å². The van der Waals surface area contributed by atoms with Gasteiger partial charge < -0.3 is 47.4 Å². The fourth-order valence-electron chi connectivity index (χ4n) is 10.7. The molecule has 0 fully saturated rings. The molecule has 2 unspecified atom stereocenters. The van der Waals surface area contributed by atoms with E-state index in [2.05, 4.69) is 27.7 Å². The predicted octanol–water partition coefficient (Wildman–Crippen LogP) is 19.1. The van der Waals surface area contributed by atoms with Crippen LogP contribution in [0, 0.1) is 0 Å². The molecule has 0 aromatic rings. The summed E-state index contributed by atoms with van der Waals surface area (Å²) in [5.41, 5.74) is 0. The van der Waals surface area contributed by atoms with Crippen LogP contribution in [-0.2, 0) is 85.7 Å². The molecule has 0 amide bonds. The van der Waals surface area contributed by atoms with Gasteiger partial charge in [0.25, 0.3) is 0 Å². The summed E-state index contributed by atoms with van der Waals surface area (Å²) in [4.78, 5) is 97.8. The van der Waals surface area contributed by atoms with E-state index in [1.807, 2.05) is 0 Å². The highest BCUT2D eigenvalue weighted by molar-refractivity contribution is 5.78. The minimum atomic E-state index is -0.894. The first-order valence-electron chi connectivity index (χ1n) is 38.7. The fourth-order valence-corrected chi connectivity index (χ4v) is 10.7. The highest BCUT2D eigenvalue weighted by Gasteiger charge is 2.22. The summed E-state index contributed by atoms with van der Waals surface area (Å²) in [5, 5.41) is 0. The lowest BCUT2D eigenvalue weighted by molar-refractivity contribution is -0.167. The predicted molar refractivity (Wildman–Crippen MR) is 377 cm³/mol. The van der Waals surface area contributed by atoms with E-state index in [4.69, 9.17) is 47.4 Å². The van der Waals surface area contributed by atoms with Crippen molar-refractivity contribution in [3.63, 3.8) is 0 Å². The van der Waals surface area contributed by atoms with Gasteiger partial charge in [-0.2, -0.15) is 0 Å². The molecule has 0 heterocycles. The Labute approximate surface area is 578 Å². The summed E-state index contributed by atoms with van der Waals surface area (Å²) in [6.45, 7) is 9.05. The van der Waals surface area contributed by atoms with Gasteiger partial charge in [0.2, 0.25) is 0 Å². The second kappa shape index (κ2) is 75.5. The lowest BCUT2D eigenvalue weighted by atomic mass is 10.1. The van der Waals surface area contributed by atoms with Gasteiger partial charge in [-0.3, -0.25) is 38.4 Å². The van der Waals surface area contributed by atoms with Gasteiger partial charge in [0.05, 0.1) is 26.1 Å². The van der Waals surface area contributed by atoms with Crippen molar-refractivity contribution in [3.8, 4) is 0 Å². The average Bonchev–Trinajstić information content (AvgIpc) is 3.56. The number of carbonyl (C=O) groups is 8. The highest BCUT2D eigenvalue weighted by Crippen LogP contribution is 2.18. The Morgan fingerprint density at radius 1 is 0.200 bits per heavy atom. The Hall–Kier alpha value is -4.32. The molecule has 0 spiro atoms. The van der Waals surface area contributed by atoms with Crippen LogP contribution in [0.3, 0.4) is 0 Å². The average molecular weight is 1360 g/mol. The molecular weight excluding hydrogens is 1210 g/mol. The number of rotatable bonds is 71. The highest BCUT2D eigenvalue weighted by atomic mass is 16.6. The molecule has 18 heteroatoms. The van der Waals surface area contributed by atoms with E-state index in [1.165, 1.54) is 220 Å². The smallest absolute Gasteiger partial charge is 0.306 e. The normalized spacial score (nSPS) is 11.6. The van der Waals surface area contributed by atoms with E-state index in [-0.39, 0.29) is 109 Å². The van der Waals surface area contributed by atoms with Crippen molar-refractivity contribution in [1.29, 1.82) is 0 Å². The van der Waals surface area contributed by atoms with E-state index in [0.29, 0.717) is 19.4 Å². The molecule has 2 atom stereocenters. The maximum Gasteiger partial charge on any atom is 0.306 e. The lowest BCUT2D eigenvalue weighted by Crippen LogP contribution is -2.31. The van der Waals surface area contributed by atoms with Gasteiger partial charge in [-0.1, -0.05) is 285 Å². The molecule has 95 heavy (non-hydrogen) atoms. The molecule has 0 saturated carbocycles. The molecule has 0 bridgehead atoms. The van der Waals surface area contributed by atoms with Crippen LogP contribution < -0.4 is 0 Å². The van der Waals surface area contributed by atoms with Crippen LogP contribution in [0.5, 0.6) is 0 Å². The molecule has 0 aromatic heterocycles. The van der Waals surface area contributed by atoms with E-state index in [0.717, 1.165) is 77.0 Å². The maximum absolute atomic E-state index is 12.6. The summed E-state index contributed by atoms with van der Waals surface area (Å²) in [5.74, 6) is -3.53. The van der Waals surface area contributed by atoms with Crippen LogP contribution in [0.25, 0.3) is 0 Å². The molecule has 0 aliphatic heterocycles. The molecule has 0 saturated heterocycles. The van der Waals surface area contributed by atoms with Crippen LogP contribution in [0.1, 0.15) is 368 Å². The Morgan fingerprint density at radius 3 is 0.611 bits per heavy atom. The second-order valence-corrected chi connectivity index (χ2v) is 25.9. The van der Waals surface area contributed by atoms with Crippen LogP contribution in [0.15, 0.2) is 0 Å². The quantitative estimate of drug-likeness (QED) is 0.0313. The van der Waals surface area contributed by atoms with Crippen LogP contribution in [-0.4, -0.2) is 127 Å². The van der Waals surface area contributed by atoms with Crippen molar-refractivity contribution in [2.24, 2.45) is 0 Å². The van der Waals surface area contributed by atoms with Crippen LogP contribution >= 0.6 is 0 Å². The van der Waals surface area contributed by atoms with Gasteiger partial charge in [0.1, 0.15) is 39.6 Å². The van der Waals surface area contributed by atoms with Crippen molar-refractivity contribution in [2.45, 2.75) is 380 Å². The van der Waals surface area contributed by atoms with Crippen molar-refractivity contribution >= 4 is 47.8 Å². The first kappa shape index (κ1) is 92.7. The summed E-state index contributed by atoms with van der Waals surface area (Å²) in [7, 11) is 3.02. The minimum Gasteiger partial charge on any atom is -0.463 e. The van der Waals surface area contributed by atoms with Crippen LogP contribution in [0.4, 0.5) is 0 Å². The minimum absolute atomic E-state index is 0.0252. The van der Waals surface area contributed by atoms with Gasteiger partial charge in [0.15, 0.2) is 12.2 Å². The molecule has 18 nitrogen and oxygen atoms in total. The third-order valence-corrected chi connectivity index (χ3v) is 16.7. The maximum atomic E-state index is 12.6. The Morgan fingerprint density at radius 2 is 0.379 bits per heavy atom. The largest absolute Gasteiger partial charge is 0.463 e. The van der Waals surface area contributed by atoms with Crippen molar-refractivity contribution in [3.05, 3.63) is 0 Å². The Balaban J connectivity index is 0. The molecule has 0 N–H and O–H groups in total. The van der Waals surface area contributed by atoms with E-state index in [9.17, 15) is 38.4 Å². The Kier molecular flexibility index (Phi) is 73.7. The molecule has 558 valence electrons. The van der Waals surface area contributed by atoms with Gasteiger partial charge >= 0.3 is 47.8 Å². The van der Waals surface area contributed by atoms with Crippen molar-refractivity contribution < 1.29 is 85.7 Å². The number of unbranched alkanes of at least 4 members (excludes halogenated alkanes) is 40. The summed E-state index contributed by atoms with van der Waals surface area (Å²) < 4.78 is 52.1. The van der Waals surface area contributed by atoms with Gasteiger partial charge in [-0.25, -0.2) is 0 Å². The SMILES string of the molecule is CCCCCCCCCCCCCC(=O)OCC(COC(=O)CCC(=O)OCCOC)OC(=O)CCCCCCCCCCCCC.CCCCCCCCCCCCCC(=O)OCC(COC(=O)CCCC(=O)OCCOC)OC(=O)CCCCCCCCCCCCC. The zero-order valence-electron chi connectivity index (χ0n) is 61.6. The second-order valence-electron chi connectivity index (χ2n) is 25.9. The van der Waals surface area contributed by atoms with E-state index >= 15 is 0 Å². The van der Waals surface area contributed by atoms with Crippen molar-refractivity contribution in [1.82, 2.24) is 0 Å². The first-order valence-corrected chi connectivity index (χ1v) is 38.7. The number of methoxy groups -OCH3 is 2. The number of hydrogen-bond donors (Lipinski definition) is 0. The zero-order valence-corrected chi connectivity index (χ0v) is 61.6. The number of hydrogen-bond acceptors (Lipinski definition) is 18. The third-order valence-electron chi connectivity index (χ3n) is 16.7. The number of carbonyl (C=O) groups excluding carboxylic acids is 8. The Bertz CT molecular complexity index is 1780. The monoisotopic (exact) mass is 1360 g/mol. The van der Waals surface area contributed by atoms with Crippen LogP contribution in [0.2, 0.25) is 0 Å². The van der Waals surface area contributed by atoms with Gasteiger partial charge in [-0.05, 0) is 32.1 Å². The number of esters is 8. The summed E-state index contributed by atoms with van der Waals surface area (Å²) in [6.07, 6.45) is 52.0. The molecule has 0 rings (SSSR count). The standard InChI is InChI=1S/C39H72O9.C38H70O9/c1-4-6-8-10-12-14-16-18-20-22-24-27-37(41)46-33-35(34-47-38(42)30-26-29-36(40)45-32-31-44-3)48-39(43)28-25-23-21-19-17-15-13-11-9-7-5-2;1-4-6-8-10-12-14-16-18-20-22-24-26-35(39)45-32-34(33-46-37(41)29-28-36(40)44-31-30-43-3)47-38(42)27-25-23-21-19-17-15-13-11-9-7-5-2/h35H,4-34H2,1-3H3;34H,4-33H2,1-3H3. The van der Waals surface area contributed by atoms with E-state index < -0.39 is 42.1 Å². The molecule has 0 radical (unpaired) electrons. The zero-order chi connectivity index (χ0) is 70.0. The summed E-state index contributed by atoms with van der Waals surface area (Å²) in [6, 6.07) is 0. The number of ether oxygens (including phenoxy) is 10. The molecule has 0 aliphatic carbocycles. The van der Waals surface area contributed by atoms with E-state index in [1.54, 1.807) is 0 Å². The topological polar surface area (TPSA) is 229 Å². The fraction of sp³-hybridized carbons (Fsp3) is 0.896. The molecule has 0 aliphatic rings. The van der Waals surface area contributed by atoms with Crippen molar-refractivity contribution in [2.75, 3.05) is 67.1 Å². The third kappa shape index (κ3) is 73.8. The molecule has 0 aromatic carbocycles. The molecular formula is C77H142O18. The lowest BCUT2D eigenvalue weighted by Gasteiger charge is -2.18. The first-order chi connectivity index (χ1) is 46.3. The van der Waals surface area contributed by atoms with Gasteiger partial charge in [-0.15, -0.1) is 0 Å². The summed E-state index contributed by atoms with van der Waals surface area (Å²) >= 11 is 0.